The maximum Gasteiger partial charge on any atom is 0.451 e. The highest BCUT2D eigenvalue weighted by Crippen LogP contribution is 2.30. The van der Waals surface area contributed by atoms with Crippen LogP contribution in [0.25, 0.3) is 0 Å². The lowest BCUT2D eigenvalue weighted by molar-refractivity contribution is -0.144. The summed E-state index contributed by atoms with van der Waals surface area (Å²) in [4.78, 5) is 19.2. The minimum Gasteiger partial charge on any atom is -0.477 e. The van der Waals surface area contributed by atoms with Gasteiger partial charge in [0.25, 0.3) is 0 Å². The third kappa shape index (κ3) is 3.00. The Morgan fingerprint density at radius 3 is 2.50 bits per heavy atom. The van der Waals surface area contributed by atoms with Crippen molar-refractivity contribution >= 4 is 11.8 Å². The van der Waals surface area contributed by atoms with Crippen molar-refractivity contribution in [1.29, 1.82) is 0 Å². The van der Waals surface area contributed by atoms with Crippen molar-refractivity contribution in [2.75, 3.05) is 18.0 Å². The van der Waals surface area contributed by atoms with Gasteiger partial charge < -0.3 is 10.0 Å². The SMILES string of the molecule is CC1CCN(c2nc(C(F)(F)F)ncc2C(=O)O)CC1. The second-order valence-electron chi connectivity index (χ2n) is 4.90. The smallest absolute Gasteiger partial charge is 0.451 e. The van der Waals surface area contributed by atoms with E-state index in [2.05, 4.69) is 16.9 Å². The number of rotatable bonds is 2. The first-order valence-corrected chi connectivity index (χ1v) is 6.21. The zero-order valence-electron chi connectivity index (χ0n) is 10.8. The van der Waals surface area contributed by atoms with E-state index in [1.165, 1.54) is 0 Å². The monoisotopic (exact) mass is 289 g/mol. The van der Waals surface area contributed by atoms with E-state index in [9.17, 15) is 18.0 Å². The van der Waals surface area contributed by atoms with Crippen LogP contribution in [0.1, 0.15) is 35.9 Å². The molecule has 0 aromatic carbocycles. The van der Waals surface area contributed by atoms with E-state index in [0.29, 0.717) is 19.0 Å². The van der Waals surface area contributed by atoms with Crippen LogP contribution in [0.2, 0.25) is 0 Å². The van der Waals surface area contributed by atoms with E-state index in [1.54, 1.807) is 4.90 Å². The molecule has 20 heavy (non-hydrogen) atoms. The van der Waals surface area contributed by atoms with Crippen molar-refractivity contribution in [3.05, 3.63) is 17.6 Å². The number of hydrogen-bond donors (Lipinski definition) is 1. The number of hydrogen-bond acceptors (Lipinski definition) is 4. The molecule has 1 aromatic heterocycles. The van der Waals surface area contributed by atoms with Crippen LogP contribution in [0.15, 0.2) is 6.20 Å². The van der Waals surface area contributed by atoms with Crippen LogP contribution in [-0.2, 0) is 6.18 Å². The van der Waals surface area contributed by atoms with Gasteiger partial charge in [0, 0.05) is 19.3 Å². The van der Waals surface area contributed by atoms with Crippen LogP contribution in [0.4, 0.5) is 19.0 Å². The molecule has 0 aliphatic carbocycles. The van der Waals surface area contributed by atoms with Crippen LogP contribution in [0.3, 0.4) is 0 Å². The van der Waals surface area contributed by atoms with Crippen molar-refractivity contribution in [3.8, 4) is 0 Å². The van der Waals surface area contributed by atoms with Crippen LogP contribution in [0, 0.1) is 5.92 Å². The molecule has 0 atom stereocenters. The van der Waals surface area contributed by atoms with Gasteiger partial charge in [-0.15, -0.1) is 0 Å². The molecule has 0 saturated carbocycles. The van der Waals surface area contributed by atoms with E-state index in [1.807, 2.05) is 0 Å². The number of carboxylic acid groups (broad SMARTS) is 1. The van der Waals surface area contributed by atoms with Crippen LogP contribution >= 0.6 is 0 Å². The molecule has 2 rings (SSSR count). The summed E-state index contributed by atoms with van der Waals surface area (Å²) in [5.74, 6) is -2.31. The molecule has 8 heteroatoms. The van der Waals surface area contributed by atoms with Crippen molar-refractivity contribution in [2.24, 2.45) is 5.92 Å². The number of aromatic nitrogens is 2. The molecule has 1 N–H and O–H groups in total. The highest BCUT2D eigenvalue weighted by atomic mass is 19.4. The highest BCUT2D eigenvalue weighted by molar-refractivity contribution is 5.93. The quantitative estimate of drug-likeness (QED) is 0.905. The molecule has 110 valence electrons. The average Bonchev–Trinajstić information content (AvgIpc) is 2.37. The first-order chi connectivity index (χ1) is 9.29. The lowest BCUT2D eigenvalue weighted by Gasteiger charge is -2.32. The summed E-state index contributed by atoms with van der Waals surface area (Å²) in [6, 6.07) is 0. The maximum absolute atomic E-state index is 12.6. The Morgan fingerprint density at radius 1 is 1.40 bits per heavy atom. The van der Waals surface area contributed by atoms with Gasteiger partial charge >= 0.3 is 12.1 Å². The average molecular weight is 289 g/mol. The Bertz CT molecular complexity index is 511. The Balaban J connectivity index is 2.39. The van der Waals surface area contributed by atoms with Gasteiger partial charge in [-0.25, -0.2) is 14.8 Å². The third-order valence-electron chi connectivity index (χ3n) is 3.34. The predicted octanol–water partition coefficient (Wildman–Crippen LogP) is 2.43. The van der Waals surface area contributed by atoms with Gasteiger partial charge in [0.05, 0.1) is 0 Å². The second-order valence-corrected chi connectivity index (χ2v) is 4.90. The summed E-state index contributed by atoms with van der Waals surface area (Å²) >= 11 is 0. The number of anilines is 1. The van der Waals surface area contributed by atoms with Crippen molar-refractivity contribution in [3.63, 3.8) is 0 Å². The molecule has 5 nitrogen and oxygen atoms in total. The van der Waals surface area contributed by atoms with Crippen LogP contribution in [-0.4, -0.2) is 34.1 Å². The van der Waals surface area contributed by atoms with Crippen molar-refractivity contribution in [2.45, 2.75) is 25.9 Å². The molecule has 1 saturated heterocycles. The van der Waals surface area contributed by atoms with E-state index in [4.69, 9.17) is 5.11 Å². The molecule has 1 aliphatic rings. The van der Waals surface area contributed by atoms with Crippen LogP contribution < -0.4 is 4.90 Å². The summed E-state index contributed by atoms with van der Waals surface area (Å²) in [5.41, 5.74) is -0.299. The lowest BCUT2D eigenvalue weighted by atomic mass is 9.99. The van der Waals surface area contributed by atoms with Gasteiger partial charge in [-0.05, 0) is 18.8 Å². The molecule has 1 aliphatic heterocycles. The summed E-state index contributed by atoms with van der Waals surface area (Å²) in [7, 11) is 0. The summed E-state index contributed by atoms with van der Waals surface area (Å²) in [6.45, 7) is 3.04. The Labute approximate surface area is 113 Å². The molecule has 1 fully saturated rings. The fraction of sp³-hybridized carbons (Fsp3) is 0.583. The molecule has 0 bridgehead atoms. The first kappa shape index (κ1) is 14.5. The molecule has 1 aromatic rings. The number of piperidine rings is 1. The van der Waals surface area contributed by atoms with Gasteiger partial charge in [0.2, 0.25) is 5.82 Å². The maximum atomic E-state index is 12.6. The van der Waals surface area contributed by atoms with Gasteiger partial charge in [-0.3, -0.25) is 0 Å². The van der Waals surface area contributed by atoms with Crippen LogP contribution in [0.5, 0.6) is 0 Å². The predicted molar refractivity (Wildman–Crippen MR) is 64.6 cm³/mol. The summed E-state index contributed by atoms with van der Waals surface area (Å²) < 4.78 is 37.9. The molecule has 0 unspecified atom stereocenters. The molecule has 0 spiro atoms. The zero-order valence-corrected chi connectivity index (χ0v) is 10.8. The van der Waals surface area contributed by atoms with Gasteiger partial charge in [-0.1, -0.05) is 6.92 Å². The van der Waals surface area contributed by atoms with Crippen molar-refractivity contribution in [1.82, 2.24) is 9.97 Å². The minimum absolute atomic E-state index is 0.147. The number of alkyl halides is 3. The fourth-order valence-corrected chi connectivity index (χ4v) is 2.12. The number of carbonyl (C=O) groups is 1. The number of nitrogens with zero attached hydrogens (tertiary/aromatic N) is 3. The Morgan fingerprint density at radius 2 is 2.00 bits per heavy atom. The highest BCUT2D eigenvalue weighted by Gasteiger charge is 2.36. The van der Waals surface area contributed by atoms with E-state index >= 15 is 0 Å². The van der Waals surface area contributed by atoms with E-state index in [-0.39, 0.29) is 11.4 Å². The van der Waals surface area contributed by atoms with Gasteiger partial charge in [0.15, 0.2) is 0 Å². The first-order valence-electron chi connectivity index (χ1n) is 6.21. The molecule has 0 radical (unpaired) electrons. The standard InChI is InChI=1S/C12H14F3N3O2/c1-7-2-4-18(5-3-7)9-8(10(19)20)6-16-11(17-9)12(13,14)15/h6-7H,2-5H2,1H3,(H,19,20). The Kier molecular flexibility index (Phi) is 3.82. The molecular formula is C12H14F3N3O2. The molecule has 2 heterocycles. The Hall–Kier alpha value is -1.86. The normalized spacial score (nSPS) is 17.3. The lowest BCUT2D eigenvalue weighted by Crippen LogP contribution is -2.35. The largest absolute Gasteiger partial charge is 0.477 e. The fourth-order valence-electron chi connectivity index (χ4n) is 2.12. The molecule has 0 amide bonds. The van der Waals surface area contributed by atoms with E-state index < -0.39 is 18.0 Å². The summed E-state index contributed by atoms with van der Waals surface area (Å²) in [5, 5.41) is 9.05. The van der Waals surface area contributed by atoms with E-state index in [0.717, 1.165) is 19.0 Å². The zero-order chi connectivity index (χ0) is 14.9. The second kappa shape index (κ2) is 5.26. The number of carboxylic acids is 1. The van der Waals surface area contributed by atoms with Gasteiger partial charge in [0.1, 0.15) is 11.4 Å². The van der Waals surface area contributed by atoms with Gasteiger partial charge in [-0.2, -0.15) is 13.2 Å². The van der Waals surface area contributed by atoms with Crippen molar-refractivity contribution < 1.29 is 23.1 Å². The number of halogens is 3. The molecular weight excluding hydrogens is 275 g/mol. The number of aromatic carboxylic acids is 1. The topological polar surface area (TPSA) is 66.3 Å². The third-order valence-corrected chi connectivity index (χ3v) is 3.34. The summed E-state index contributed by atoms with van der Waals surface area (Å²) in [6.07, 6.45) is -2.37. The minimum atomic E-state index is -4.69.